The minimum atomic E-state index is -0.931. The van der Waals surface area contributed by atoms with Crippen LogP contribution < -0.4 is 5.32 Å². The molecule has 15 heavy (non-hydrogen) atoms. The first kappa shape index (κ1) is 9.26. The number of benzene rings is 1. The lowest BCUT2D eigenvalue weighted by atomic mass is 10.2. The molecule has 0 aliphatic carbocycles. The fraction of sp³-hybridized carbons (Fsp3) is 0. The predicted octanol–water partition coefficient (Wildman–Crippen LogP) is 1.85. The molecule has 2 aromatic rings. The number of nitrogens with zero attached hydrogens (tertiary/aromatic N) is 1. The van der Waals surface area contributed by atoms with Crippen molar-refractivity contribution in [2.24, 2.45) is 0 Å². The number of hydrogen-bond donors (Lipinski definition) is 3. The van der Waals surface area contributed by atoms with Crippen molar-refractivity contribution in [3.05, 3.63) is 42.2 Å². The zero-order valence-corrected chi connectivity index (χ0v) is 7.77. The van der Waals surface area contributed by atoms with Gasteiger partial charge in [0.15, 0.2) is 0 Å². The molecule has 1 heterocycles. The van der Waals surface area contributed by atoms with Gasteiger partial charge in [0.2, 0.25) is 5.95 Å². The summed E-state index contributed by atoms with van der Waals surface area (Å²) in [4.78, 5) is 17.5. The second-order valence-electron chi connectivity index (χ2n) is 2.95. The summed E-state index contributed by atoms with van der Waals surface area (Å²) < 4.78 is 0. The number of imidazole rings is 1. The molecule has 1 aromatic carbocycles. The van der Waals surface area contributed by atoms with Gasteiger partial charge in [-0.1, -0.05) is 0 Å². The number of aromatic amines is 1. The largest absolute Gasteiger partial charge is 0.478 e. The maximum Gasteiger partial charge on any atom is 0.335 e. The van der Waals surface area contributed by atoms with Crippen molar-refractivity contribution in [3.63, 3.8) is 0 Å². The molecule has 2 rings (SSSR count). The summed E-state index contributed by atoms with van der Waals surface area (Å²) in [6.45, 7) is 0. The molecule has 0 aliphatic rings. The first-order valence-electron chi connectivity index (χ1n) is 4.35. The maximum atomic E-state index is 10.6. The number of nitrogens with one attached hydrogen (secondary N) is 2. The number of H-pyrrole nitrogens is 1. The van der Waals surface area contributed by atoms with Crippen LogP contribution in [0.5, 0.6) is 0 Å². The van der Waals surface area contributed by atoms with Crippen molar-refractivity contribution >= 4 is 17.6 Å². The molecule has 76 valence electrons. The molecule has 5 nitrogen and oxygen atoms in total. The van der Waals surface area contributed by atoms with Crippen LogP contribution in [-0.4, -0.2) is 21.0 Å². The van der Waals surface area contributed by atoms with E-state index in [0.717, 1.165) is 5.69 Å². The van der Waals surface area contributed by atoms with Crippen molar-refractivity contribution < 1.29 is 9.90 Å². The Hall–Kier alpha value is -2.30. The van der Waals surface area contributed by atoms with Crippen molar-refractivity contribution in [1.82, 2.24) is 9.97 Å². The molecule has 0 saturated heterocycles. The molecule has 3 N–H and O–H groups in total. The Kier molecular flexibility index (Phi) is 2.37. The zero-order chi connectivity index (χ0) is 10.7. The maximum absolute atomic E-state index is 10.6. The fourth-order valence-corrected chi connectivity index (χ4v) is 1.17. The molecule has 0 atom stereocenters. The molecule has 0 bridgehead atoms. The molecule has 0 spiro atoms. The van der Waals surface area contributed by atoms with Crippen LogP contribution in [0.15, 0.2) is 36.7 Å². The van der Waals surface area contributed by atoms with Gasteiger partial charge in [-0.05, 0) is 24.3 Å². The van der Waals surface area contributed by atoms with Gasteiger partial charge in [0, 0.05) is 18.1 Å². The summed E-state index contributed by atoms with van der Waals surface area (Å²) in [6.07, 6.45) is 3.34. The van der Waals surface area contributed by atoms with Crippen LogP contribution in [-0.2, 0) is 0 Å². The molecule has 0 saturated carbocycles. The highest BCUT2D eigenvalue weighted by Gasteiger charge is 2.01. The van der Waals surface area contributed by atoms with E-state index >= 15 is 0 Å². The third kappa shape index (κ3) is 2.14. The van der Waals surface area contributed by atoms with E-state index in [1.54, 1.807) is 24.5 Å². The van der Waals surface area contributed by atoms with Gasteiger partial charge in [0.1, 0.15) is 0 Å². The lowest BCUT2D eigenvalue weighted by Gasteiger charge is -2.02. The molecular formula is C10H9N3O2. The van der Waals surface area contributed by atoms with Crippen molar-refractivity contribution in [1.29, 1.82) is 0 Å². The van der Waals surface area contributed by atoms with Crippen molar-refractivity contribution in [3.8, 4) is 0 Å². The van der Waals surface area contributed by atoms with Gasteiger partial charge in [0.05, 0.1) is 5.56 Å². The second kappa shape index (κ2) is 3.83. The smallest absolute Gasteiger partial charge is 0.335 e. The fourth-order valence-electron chi connectivity index (χ4n) is 1.17. The van der Waals surface area contributed by atoms with Gasteiger partial charge in [-0.2, -0.15) is 0 Å². The molecule has 0 amide bonds. The Balaban J connectivity index is 2.14. The van der Waals surface area contributed by atoms with Crippen LogP contribution in [0.3, 0.4) is 0 Å². The van der Waals surface area contributed by atoms with Crippen molar-refractivity contribution in [2.75, 3.05) is 5.32 Å². The topological polar surface area (TPSA) is 78.0 Å². The van der Waals surface area contributed by atoms with E-state index in [4.69, 9.17) is 5.11 Å². The standard InChI is InChI=1S/C10H9N3O2/c14-9(15)7-1-3-8(4-2-7)13-10-11-5-6-12-10/h1-6H,(H,14,15)(H2,11,12,13). The van der Waals surface area contributed by atoms with Gasteiger partial charge < -0.3 is 15.4 Å². The number of carboxylic acids is 1. The minimum absolute atomic E-state index is 0.264. The summed E-state index contributed by atoms with van der Waals surface area (Å²) in [6, 6.07) is 6.44. The van der Waals surface area contributed by atoms with Gasteiger partial charge >= 0.3 is 5.97 Å². The van der Waals surface area contributed by atoms with E-state index in [2.05, 4.69) is 15.3 Å². The van der Waals surface area contributed by atoms with Crippen molar-refractivity contribution in [2.45, 2.75) is 0 Å². The highest BCUT2D eigenvalue weighted by atomic mass is 16.4. The Labute approximate surface area is 85.8 Å². The highest BCUT2D eigenvalue weighted by molar-refractivity contribution is 5.88. The highest BCUT2D eigenvalue weighted by Crippen LogP contribution is 2.13. The number of hydrogen-bond acceptors (Lipinski definition) is 3. The second-order valence-corrected chi connectivity index (χ2v) is 2.95. The summed E-state index contributed by atoms with van der Waals surface area (Å²) >= 11 is 0. The van der Waals surface area contributed by atoms with E-state index < -0.39 is 5.97 Å². The molecule has 0 radical (unpaired) electrons. The molecule has 0 aliphatic heterocycles. The number of rotatable bonds is 3. The van der Waals surface area contributed by atoms with E-state index in [-0.39, 0.29) is 5.56 Å². The molecule has 5 heteroatoms. The Morgan fingerprint density at radius 3 is 2.60 bits per heavy atom. The van der Waals surface area contributed by atoms with Gasteiger partial charge in [-0.15, -0.1) is 0 Å². The number of carboxylic acid groups (broad SMARTS) is 1. The summed E-state index contributed by atoms with van der Waals surface area (Å²) in [5.74, 6) is -0.308. The Morgan fingerprint density at radius 2 is 2.07 bits per heavy atom. The Morgan fingerprint density at radius 1 is 1.33 bits per heavy atom. The number of aromatic carboxylic acids is 1. The first-order chi connectivity index (χ1) is 7.25. The molecule has 0 unspecified atom stereocenters. The predicted molar refractivity (Wildman–Crippen MR) is 55.3 cm³/mol. The molecule has 0 fully saturated rings. The van der Waals surface area contributed by atoms with Gasteiger partial charge in [-0.25, -0.2) is 9.78 Å². The summed E-state index contributed by atoms with van der Waals surface area (Å²) in [5, 5.41) is 11.7. The monoisotopic (exact) mass is 203 g/mol. The summed E-state index contributed by atoms with van der Waals surface area (Å²) in [7, 11) is 0. The van der Waals surface area contributed by atoms with E-state index in [0.29, 0.717) is 5.95 Å². The number of carbonyl (C=O) groups is 1. The van der Waals surface area contributed by atoms with Crippen LogP contribution in [0.1, 0.15) is 10.4 Å². The lowest BCUT2D eigenvalue weighted by Crippen LogP contribution is -1.97. The normalized spacial score (nSPS) is 9.87. The molecule has 1 aromatic heterocycles. The lowest BCUT2D eigenvalue weighted by molar-refractivity contribution is 0.0697. The summed E-state index contributed by atoms with van der Waals surface area (Å²) in [5.41, 5.74) is 1.05. The zero-order valence-electron chi connectivity index (χ0n) is 7.77. The van der Waals surface area contributed by atoms with E-state index in [9.17, 15) is 4.79 Å². The third-order valence-corrected chi connectivity index (χ3v) is 1.89. The van der Waals surface area contributed by atoms with Crippen LogP contribution in [0.4, 0.5) is 11.6 Å². The van der Waals surface area contributed by atoms with E-state index in [1.165, 1.54) is 12.1 Å². The SMILES string of the molecule is O=C(O)c1ccc(Nc2ncc[nH]2)cc1. The van der Waals surface area contributed by atoms with Crippen LogP contribution in [0, 0.1) is 0 Å². The van der Waals surface area contributed by atoms with Gasteiger partial charge in [0.25, 0.3) is 0 Å². The number of aromatic nitrogens is 2. The van der Waals surface area contributed by atoms with Gasteiger partial charge in [-0.3, -0.25) is 0 Å². The molecular weight excluding hydrogens is 194 g/mol. The van der Waals surface area contributed by atoms with Crippen LogP contribution in [0.2, 0.25) is 0 Å². The number of anilines is 2. The van der Waals surface area contributed by atoms with Crippen LogP contribution in [0.25, 0.3) is 0 Å². The quantitative estimate of drug-likeness (QED) is 0.711. The average molecular weight is 203 g/mol. The van der Waals surface area contributed by atoms with Crippen LogP contribution >= 0.6 is 0 Å². The average Bonchev–Trinajstić information content (AvgIpc) is 2.71. The minimum Gasteiger partial charge on any atom is -0.478 e. The van der Waals surface area contributed by atoms with E-state index in [1.807, 2.05) is 0 Å². The Bertz CT molecular complexity index is 448. The first-order valence-corrected chi connectivity index (χ1v) is 4.35. The third-order valence-electron chi connectivity index (χ3n) is 1.89.